The Morgan fingerprint density at radius 2 is 2.14 bits per heavy atom. The summed E-state index contributed by atoms with van der Waals surface area (Å²) < 4.78 is 7.19. The fourth-order valence-electron chi connectivity index (χ4n) is 4.64. The van der Waals surface area contributed by atoms with Gasteiger partial charge in [-0.1, -0.05) is 6.92 Å². The maximum atomic E-state index is 13.4. The van der Waals surface area contributed by atoms with Crippen molar-refractivity contribution in [1.29, 1.82) is 5.26 Å². The van der Waals surface area contributed by atoms with Gasteiger partial charge in [0.05, 0.1) is 24.4 Å². The normalized spacial score (nSPS) is 24.1. The molecule has 0 bridgehead atoms. The van der Waals surface area contributed by atoms with Crippen LogP contribution < -0.4 is 9.64 Å². The second kappa shape index (κ2) is 6.31. The minimum absolute atomic E-state index is 0.00830. The molecule has 0 aromatic carbocycles. The highest BCUT2D eigenvalue weighted by Gasteiger charge is 2.61. The molecule has 0 radical (unpaired) electrons. The first-order valence-corrected chi connectivity index (χ1v) is 9.80. The van der Waals surface area contributed by atoms with E-state index in [1.165, 1.54) is 0 Å². The van der Waals surface area contributed by atoms with Crippen LogP contribution in [0.1, 0.15) is 19.8 Å². The summed E-state index contributed by atoms with van der Waals surface area (Å²) in [5.41, 5.74) is 2.25. The van der Waals surface area contributed by atoms with Crippen LogP contribution in [0.25, 0.3) is 16.8 Å². The molecule has 0 N–H and O–H groups in total. The van der Waals surface area contributed by atoms with Crippen LogP contribution in [0.15, 0.2) is 42.9 Å². The van der Waals surface area contributed by atoms with E-state index in [0.29, 0.717) is 12.3 Å². The minimum Gasteiger partial charge on any atom is -0.494 e. The highest BCUT2D eigenvalue weighted by atomic mass is 16.5. The first-order chi connectivity index (χ1) is 14.1. The number of rotatable bonds is 4. The standard InChI is InChI=1S/C22H21N5O2/c1-14-11-26(21(28)22(14,13-23)16-5-6-16)17-7-9-25-27-12-15(10-18(17)27)20-19(29-2)4-3-8-24-20/h3-4,7-10,12,14,16H,5-6,11H2,1-2H3/t14-,22+/m1/s1. The Morgan fingerprint density at radius 1 is 1.31 bits per heavy atom. The quantitative estimate of drug-likeness (QED) is 0.686. The van der Waals surface area contributed by atoms with Crippen molar-refractivity contribution in [2.24, 2.45) is 17.3 Å². The van der Waals surface area contributed by atoms with E-state index >= 15 is 0 Å². The van der Waals surface area contributed by atoms with Crippen LogP contribution in [-0.4, -0.2) is 34.2 Å². The van der Waals surface area contributed by atoms with Gasteiger partial charge in [0.25, 0.3) is 0 Å². The lowest BCUT2D eigenvalue weighted by Gasteiger charge is -2.23. The van der Waals surface area contributed by atoms with Crippen molar-refractivity contribution in [3.05, 3.63) is 42.9 Å². The fourth-order valence-corrected chi connectivity index (χ4v) is 4.64. The molecule has 2 fully saturated rings. The molecule has 2 aliphatic rings. The fraction of sp³-hybridized carbons (Fsp3) is 0.364. The van der Waals surface area contributed by atoms with Gasteiger partial charge >= 0.3 is 0 Å². The van der Waals surface area contributed by atoms with E-state index in [4.69, 9.17) is 4.74 Å². The van der Waals surface area contributed by atoms with E-state index in [9.17, 15) is 10.1 Å². The van der Waals surface area contributed by atoms with Gasteiger partial charge in [0.15, 0.2) is 0 Å². The Morgan fingerprint density at radius 3 is 2.86 bits per heavy atom. The van der Waals surface area contributed by atoms with Crippen LogP contribution in [-0.2, 0) is 4.79 Å². The van der Waals surface area contributed by atoms with E-state index in [0.717, 1.165) is 35.3 Å². The highest BCUT2D eigenvalue weighted by molar-refractivity contribution is 6.05. The number of carbonyl (C=O) groups excluding carboxylic acids is 1. The zero-order valence-corrected chi connectivity index (χ0v) is 16.4. The number of ether oxygens (including phenoxy) is 1. The van der Waals surface area contributed by atoms with Crippen LogP contribution in [0.2, 0.25) is 0 Å². The number of anilines is 1. The largest absolute Gasteiger partial charge is 0.494 e. The molecule has 4 heterocycles. The number of hydrogen-bond donors (Lipinski definition) is 0. The first kappa shape index (κ1) is 17.7. The number of pyridine rings is 1. The van der Waals surface area contributed by atoms with Crippen molar-refractivity contribution >= 4 is 17.1 Å². The summed E-state index contributed by atoms with van der Waals surface area (Å²) >= 11 is 0. The van der Waals surface area contributed by atoms with Crippen LogP contribution in [0.3, 0.4) is 0 Å². The van der Waals surface area contributed by atoms with E-state index in [2.05, 4.69) is 16.2 Å². The molecule has 146 valence electrons. The first-order valence-electron chi connectivity index (χ1n) is 9.80. The molecular weight excluding hydrogens is 366 g/mol. The molecule has 5 rings (SSSR count). The summed E-state index contributed by atoms with van der Waals surface area (Å²) in [5, 5.41) is 14.3. The van der Waals surface area contributed by atoms with E-state index in [-0.39, 0.29) is 17.7 Å². The summed E-state index contributed by atoms with van der Waals surface area (Å²) in [6.07, 6.45) is 7.20. The third kappa shape index (κ3) is 2.45. The van der Waals surface area contributed by atoms with E-state index in [1.807, 2.05) is 37.4 Å². The molecule has 7 heteroatoms. The number of nitrogens with zero attached hydrogens (tertiary/aromatic N) is 5. The van der Waals surface area contributed by atoms with Gasteiger partial charge < -0.3 is 9.64 Å². The van der Waals surface area contributed by atoms with Gasteiger partial charge in [-0.3, -0.25) is 9.78 Å². The van der Waals surface area contributed by atoms with Gasteiger partial charge in [-0.15, -0.1) is 0 Å². The Labute approximate surface area is 168 Å². The summed E-state index contributed by atoms with van der Waals surface area (Å²) in [6, 6.07) is 9.89. The van der Waals surface area contributed by atoms with Crippen molar-refractivity contribution in [3.8, 4) is 23.1 Å². The summed E-state index contributed by atoms with van der Waals surface area (Å²) in [4.78, 5) is 19.6. The molecule has 7 nitrogen and oxygen atoms in total. The molecule has 0 unspecified atom stereocenters. The Hall–Kier alpha value is -3.40. The third-order valence-corrected chi connectivity index (χ3v) is 6.28. The molecule has 1 saturated heterocycles. The molecule has 2 atom stereocenters. The maximum Gasteiger partial charge on any atom is 0.248 e. The number of amides is 1. The minimum atomic E-state index is -0.903. The molecule has 0 spiro atoms. The summed E-state index contributed by atoms with van der Waals surface area (Å²) in [5.74, 6) is 0.762. The predicted octanol–water partition coefficient (Wildman–Crippen LogP) is 3.31. The number of nitriles is 1. The van der Waals surface area contributed by atoms with Crippen LogP contribution in [0.4, 0.5) is 5.69 Å². The van der Waals surface area contributed by atoms with E-state index < -0.39 is 5.41 Å². The lowest BCUT2D eigenvalue weighted by atomic mass is 9.75. The molecule has 1 aliphatic carbocycles. The number of methoxy groups -OCH3 is 1. The smallest absolute Gasteiger partial charge is 0.248 e. The zero-order chi connectivity index (χ0) is 20.2. The van der Waals surface area contributed by atoms with E-state index in [1.54, 1.807) is 28.9 Å². The van der Waals surface area contributed by atoms with Crippen LogP contribution >= 0.6 is 0 Å². The van der Waals surface area contributed by atoms with Crippen molar-refractivity contribution in [2.45, 2.75) is 19.8 Å². The van der Waals surface area contributed by atoms with Crippen LogP contribution in [0.5, 0.6) is 5.75 Å². The molecule has 1 saturated carbocycles. The molecular formula is C22H21N5O2. The van der Waals surface area contributed by atoms with Gasteiger partial charge in [0, 0.05) is 36.6 Å². The number of hydrogen-bond acceptors (Lipinski definition) is 5. The third-order valence-electron chi connectivity index (χ3n) is 6.28. The van der Waals surface area contributed by atoms with Gasteiger partial charge in [0.1, 0.15) is 16.9 Å². The van der Waals surface area contributed by atoms with Crippen molar-refractivity contribution in [3.63, 3.8) is 0 Å². The molecule has 1 amide bonds. The average molecular weight is 387 g/mol. The lowest BCUT2D eigenvalue weighted by Crippen LogP contribution is -2.37. The highest BCUT2D eigenvalue weighted by Crippen LogP contribution is 2.54. The molecule has 29 heavy (non-hydrogen) atoms. The van der Waals surface area contributed by atoms with Gasteiger partial charge in [0.2, 0.25) is 5.91 Å². The molecule has 3 aromatic heterocycles. The monoisotopic (exact) mass is 387 g/mol. The van der Waals surface area contributed by atoms with Gasteiger partial charge in [-0.25, -0.2) is 4.52 Å². The topological polar surface area (TPSA) is 83.5 Å². The summed E-state index contributed by atoms with van der Waals surface area (Å²) in [6.45, 7) is 2.55. The van der Waals surface area contributed by atoms with Crippen molar-refractivity contribution in [2.75, 3.05) is 18.6 Å². The SMILES string of the molecule is COc1cccnc1-c1cc2c(N3C[C@@H](C)[C@@](C#N)(C4CC4)C3=O)ccnn2c1. The second-order valence-electron chi connectivity index (χ2n) is 7.90. The predicted molar refractivity (Wildman–Crippen MR) is 107 cm³/mol. The number of carbonyl (C=O) groups is 1. The molecule has 3 aromatic rings. The van der Waals surface area contributed by atoms with Gasteiger partial charge in [-0.05, 0) is 43.0 Å². The second-order valence-corrected chi connectivity index (χ2v) is 7.90. The number of aromatic nitrogens is 3. The van der Waals surface area contributed by atoms with Gasteiger partial charge in [-0.2, -0.15) is 10.4 Å². The summed E-state index contributed by atoms with van der Waals surface area (Å²) in [7, 11) is 1.61. The zero-order valence-electron chi connectivity index (χ0n) is 16.4. The Balaban J connectivity index is 1.61. The Kier molecular flexibility index (Phi) is 3.85. The average Bonchev–Trinajstić information content (AvgIpc) is 3.44. The van der Waals surface area contributed by atoms with Crippen LogP contribution in [0, 0.1) is 28.6 Å². The lowest BCUT2D eigenvalue weighted by molar-refractivity contribution is -0.124. The number of fused-ring (bicyclic) bond motifs is 1. The van der Waals surface area contributed by atoms with Crippen molar-refractivity contribution < 1.29 is 9.53 Å². The maximum absolute atomic E-state index is 13.4. The van der Waals surface area contributed by atoms with Crippen molar-refractivity contribution in [1.82, 2.24) is 14.6 Å². The Bertz CT molecular complexity index is 1160. The molecule has 1 aliphatic heterocycles.